The SMILES string of the molecule is CCOc1ccc(S(=O)(=O)N[C@H](Cc2ccccc2)C(=O)Nc2ccc(F)c(Cl)c2)cc1Cl. The largest absolute Gasteiger partial charge is 0.492 e. The van der Waals surface area contributed by atoms with E-state index >= 15 is 0 Å². The van der Waals surface area contributed by atoms with Gasteiger partial charge in [-0.15, -0.1) is 0 Å². The standard InChI is InChI=1S/C23H21Cl2FN2O4S/c1-2-32-22-11-9-17(14-19(22)25)33(30,31)28-21(12-15-6-4-3-5-7-15)23(29)27-16-8-10-20(26)18(24)13-16/h3-11,13-14,21,28H,2,12H2,1H3,(H,27,29)/t21-/m1/s1. The predicted molar refractivity (Wildman–Crippen MR) is 127 cm³/mol. The fourth-order valence-corrected chi connectivity index (χ4v) is 4.72. The summed E-state index contributed by atoms with van der Waals surface area (Å²) in [6.45, 7) is 2.15. The van der Waals surface area contributed by atoms with Crippen LogP contribution < -0.4 is 14.8 Å². The number of carbonyl (C=O) groups excluding carboxylic acids is 1. The van der Waals surface area contributed by atoms with E-state index in [9.17, 15) is 17.6 Å². The molecule has 0 unspecified atom stereocenters. The summed E-state index contributed by atoms with van der Waals surface area (Å²) < 4.78 is 47.3. The normalized spacial score (nSPS) is 12.2. The molecule has 0 saturated heterocycles. The van der Waals surface area contributed by atoms with E-state index in [4.69, 9.17) is 27.9 Å². The van der Waals surface area contributed by atoms with Crippen molar-refractivity contribution in [3.63, 3.8) is 0 Å². The number of sulfonamides is 1. The molecule has 0 heterocycles. The average Bonchev–Trinajstić information content (AvgIpc) is 2.78. The maximum Gasteiger partial charge on any atom is 0.242 e. The van der Waals surface area contributed by atoms with Gasteiger partial charge in [0, 0.05) is 5.69 Å². The van der Waals surface area contributed by atoms with Crippen LogP contribution in [0.2, 0.25) is 10.0 Å². The van der Waals surface area contributed by atoms with Crippen LogP contribution in [0.4, 0.5) is 10.1 Å². The summed E-state index contributed by atoms with van der Waals surface area (Å²) in [6, 6.07) is 15.5. The summed E-state index contributed by atoms with van der Waals surface area (Å²) in [5.74, 6) is -0.921. The molecule has 6 nitrogen and oxygen atoms in total. The molecule has 1 amide bonds. The molecule has 3 rings (SSSR count). The summed E-state index contributed by atoms with van der Waals surface area (Å²) >= 11 is 11.9. The Bertz CT molecular complexity index is 1240. The molecule has 0 aliphatic rings. The zero-order chi connectivity index (χ0) is 24.0. The molecule has 0 fully saturated rings. The molecule has 10 heteroatoms. The zero-order valence-corrected chi connectivity index (χ0v) is 19.8. The van der Waals surface area contributed by atoms with Gasteiger partial charge in [0.25, 0.3) is 0 Å². The molecule has 174 valence electrons. The molecule has 33 heavy (non-hydrogen) atoms. The lowest BCUT2D eigenvalue weighted by molar-refractivity contribution is -0.117. The van der Waals surface area contributed by atoms with Crippen LogP contribution in [0.3, 0.4) is 0 Å². The highest BCUT2D eigenvalue weighted by Crippen LogP contribution is 2.27. The minimum absolute atomic E-state index is 0.0750. The van der Waals surface area contributed by atoms with Gasteiger partial charge in [0.1, 0.15) is 17.6 Å². The van der Waals surface area contributed by atoms with Crippen LogP contribution >= 0.6 is 23.2 Å². The van der Waals surface area contributed by atoms with Crippen molar-refractivity contribution in [3.8, 4) is 5.75 Å². The summed E-state index contributed by atoms with van der Waals surface area (Å²) in [5, 5.41) is 2.54. The Labute approximate surface area is 201 Å². The van der Waals surface area contributed by atoms with Crippen molar-refractivity contribution in [2.75, 3.05) is 11.9 Å². The van der Waals surface area contributed by atoms with Crippen molar-refractivity contribution >= 4 is 44.8 Å². The quantitative estimate of drug-likeness (QED) is 0.421. The van der Waals surface area contributed by atoms with Crippen molar-refractivity contribution < 1.29 is 22.3 Å². The van der Waals surface area contributed by atoms with E-state index in [0.29, 0.717) is 12.4 Å². The van der Waals surface area contributed by atoms with Gasteiger partial charge in [0.2, 0.25) is 15.9 Å². The minimum atomic E-state index is -4.12. The van der Waals surface area contributed by atoms with Crippen LogP contribution in [0.1, 0.15) is 12.5 Å². The van der Waals surface area contributed by atoms with E-state index < -0.39 is 27.8 Å². The first kappa shape index (κ1) is 25.0. The summed E-state index contributed by atoms with van der Waals surface area (Å²) in [7, 11) is -4.12. The highest BCUT2D eigenvalue weighted by Gasteiger charge is 2.27. The topological polar surface area (TPSA) is 84.5 Å². The second-order valence-corrected chi connectivity index (χ2v) is 9.54. The first-order valence-electron chi connectivity index (χ1n) is 9.94. The third-order valence-corrected chi connectivity index (χ3v) is 6.65. The molecule has 0 radical (unpaired) electrons. The molecule has 0 saturated carbocycles. The van der Waals surface area contributed by atoms with Gasteiger partial charge < -0.3 is 10.1 Å². The van der Waals surface area contributed by atoms with Crippen LogP contribution in [-0.4, -0.2) is 27.0 Å². The number of benzene rings is 3. The molecule has 2 N–H and O–H groups in total. The Balaban J connectivity index is 1.87. The summed E-state index contributed by atoms with van der Waals surface area (Å²) in [6.07, 6.45) is 0.0750. The number of anilines is 1. The highest BCUT2D eigenvalue weighted by atomic mass is 35.5. The number of nitrogens with one attached hydrogen (secondary N) is 2. The van der Waals surface area contributed by atoms with Gasteiger partial charge in [-0.05, 0) is 55.3 Å². The van der Waals surface area contributed by atoms with Crippen molar-refractivity contribution in [1.82, 2.24) is 4.72 Å². The van der Waals surface area contributed by atoms with E-state index in [1.807, 2.05) is 6.07 Å². The Hall–Kier alpha value is -2.65. The average molecular weight is 511 g/mol. The van der Waals surface area contributed by atoms with Crippen LogP contribution in [0.5, 0.6) is 5.75 Å². The van der Waals surface area contributed by atoms with Crippen molar-refractivity contribution in [2.45, 2.75) is 24.3 Å². The number of hydrogen-bond donors (Lipinski definition) is 2. The molecule has 0 aliphatic carbocycles. The number of carbonyl (C=O) groups is 1. The lowest BCUT2D eigenvalue weighted by Crippen LogP contribution is -2.45. The van der Waals surface area contributed by atoms with E-state index in [1.54, 1.807) is 31.2 Å². The van der Waals surface area contributed by atoms with E-state index in [2.05, 4.69) is 10.0 Å². The Morgan fingerprint density at radius 3 is 2.39 bits per heavy atom. The number of hydrogen-bond acceptors (Lipinski definition) is 4. The molecular weight excluding hydrogens is 490 g/mol. The van der Waals surface area contributed by atoms with Gasteiger partial charge >= 0.3 is 0 Å². The fraction of sp³-hybridized carbons (Fsp3) is 0.174. The van der Waals surface area contributed by atoms with Crippen molar-refractivity contribution in [2.24, 2.45) is 0 Å². The third kappa shape index (κ3) is 6.68. The first-order valence-corrected chi connectivity index (χ1v) is 12.2. The van der Waals surface area contributed by atoms with Crippen LogP contribution in [0, 0.1) is 5.82 Å². The smallest absolute Gasteiger partial charge is 0.242 e. The molecule has 3 aromatic carbocycles. The maximum atomic E-state index is 13.4. The molecule has 0 bridgehead atoms. The predicted octanol–water partition coefficient (Wildman–Crippen LogP) is 5.06. The summed E-state index contributed by atoms with van der Waals surface area (Å²) in [5.41, 5.74) is 0.968. The van der Waals surface area contributed by atoms with Gasteiger partial charge in [-0.25, -0.2) is 12.8 Å². The molecule has 0 spiro atoms. The van der Waals surface area contributed by atoms with Crippen LogP contribution in [0.15, 0.2) is 71.6 Å². The van der Waals surface area contributed by atoms with Gasteiger partial charge in [-0.3, -0.25) is 4.79 Å². The highest BCUT2D eigenvalue weighted by molar-refractivity contribution is 7.89. The Kier molecular flexibility index (Phi) is 8.31. The second kappa shape index (κ2) is 11.0. The monoisotopic (exact) mass is 510 g/mol. The van der Waals surface area contributed by atoms with E-state index in [1.165, 1.54) is 30.3 Å². The van der Waals surface area contributed by atoms with Gasteiger partial charge in [-0.1, -0.05) is 53.5 Å². The van der Waals surface area contributed by atoms with Crippen molar-refractivity contribution in [3.05, 3.63) is 88.2 Å². The van der Waals surface area contributed by atoms with Gasteiger partial charge in [0.15, 0.2) is 0 Å². The van der Waals surface area contributed by atoms with E-state index in [-0.39, 0.29) is 27.0 Å². The Morgan fingerprint density at radius 1 is 1.03 bits per heavy atom. The first-order chi connectivity index (χ1) is 15.7. The fourth-order valence-electron chi connectivity index (χ4n) is 3.02. The van der Waals surface area contributed by atoms with E-state index in [0.717, 1.165) is 11.6 Å². The molecule has 3 aromatic rings. The maximum absolute atomic E-state index is 13.4. The lowest BCUT2D eigenvalue weighted by atomic mass is 10.1. The minimum Gasteiger partial charge on any atom is -0.492 e. The molecular formula is C23H21Cl2FN2O4S. The lowest BCUT2D eigenvalue weighted by Gasteiger charge is -2.19. The number of rotatable bonds is 9. The molecule has 0 aromatic heterocycles. The summed E-state index contributed by atoms with van der Waals surface area (Å²) in [4.78, 5) is 12.9. The van der Waals surface area contributed by atoms with Crippen LogP contribution in [-0.2, 0) is 21.2 Å². The molecule has 0 aliphatic heterocycles. The van der Waals surface area contributed by atoms with Gasteiger partial charge in [0.05, 0.1) is 21.5 Å². The number of amides is 1. The van der Waals surface area contributed by atoms with Crippen molar-refractivity contribution in [1.29, 1.82) is 0 Å². The Morgan fingerprint density at radius 2 is 1.76 bits per heavy atom. The van der Waals surface area contributed by atoms with Gasteiger partial charge in [-0.2, -0.15) is 4.72 Å². The number of halogens is 3. The zero-order valence-electron chi connectivity index (χ0n) is 17.5. The second-order valence-electron chi connectivity index (χ2n) is 7.01. The van der Waals surface area contributed by atoms with Crippen LogP contribution in [0.25, 0.3) is 0 Å². The third-order valence-electron chi connectivity index (χ3n) is 4.60. The number of ether oxygens (including phenoxy) is 1. The molecule has 1 atom stereocenters.